The topological polar surface area (TPSA) is 71.3 Å². The van der Waals surface area contributed by atoms with Gasteiger partial charge in [-0.05, 0) is 36.4 Å². The van der Waals surface area contributed by atoms with Crippen LogP contribution in [0.4, 0.5) is 10.5 Å². The van der Waals surface area contributed by atoms with E-state index in [0.29, 0.717) is 11.7 Å². The van der Waals surface area contributed by atoms with Gasteiger partial charge in [0.05, 0.1) is 0 Å². The summed E-state index contributed by atoms with van der Waals surface area (Å²) in [5, 5.41) is 7.00. The number of amides is 2. The van der Waals surface area contributed by atoms with Crippen molar-refractivity contribution in [2.45, 2.75) is 32.6 Å². The van der Waals surface area contributed by atoms with Crippen LogP contribution in [0.3, 0.4) is 0 Å². The first kappa shape index (κ1) is 17.8. The first-order chi connectivity index (χ1) is 11.9. The van der Waals surface area contributed by atoms with Crippen molar-refractivity contribution in [3.05, 3.63) is 30.2 Å². The van der Waals surface area contributed by atoms with Crippen molar-refractivity contribution < 1.29 is 9.32 Å². The Labute approximate surface area is 152 Å². The Kier molecular flexibility index (Phi) is 5.32. The Morgan fingerprint density at radius 1 is 1.20 bits per heavy atom. The molecule has 2 heterocycles. The van der Waals surface area contributed by atoms with Gasteiger partial charge in [-0.25, -0.2) is 4.79 Å². The summed E-state index contributed by atoms with van der Waals surface area (Å²) in [5.41, 5.74) is 1.46. The number of carbonyl (C=O) groups is 1. The lowest BCUT2D eigenvalue weighted by Crippen LogP contribution is -2.36. The lowest BCUT2D eigenvalue weighted by Gasteiger charge is -2.20. The third kappa shape index (κ3) is 4.54. The summed E-state index contributed by atoms with van der Waals surface area (Å²) in [4.78, 5) is 18.7. The molecular weight excluding hydrogens is 336 g/mol. The summed E-state index contributed by atoms with van der Waals surface area (Å²) in [5.74, 6) is 3.30. The minimum atomic E-state index is -0.176. The van der Waals surface area contributed by atoms with Crippen LogP contribution in [-0.2, 0) is 5.41 Å². The van der Waals surface area contributed by atoms with Gasteiger partial charge in [-0.3, -0.25) is 0 Å². The molecule has 2 aromatic rings. The van der Waals surface area contributed by atoms with E-state index in [-0.39, 0.29) is 11.4 Å². The smallest absolute Gasteiger partial charge is 0.321 e. The van der Waals surface area contributed by atoms with Crippen molar-refractivity contribution in [2.75, 3.05) is 29.9 Å². The molecule has 25 heavy (non-hydrogen) atoms. The third-order valence-electron chi connectivity index (χ3n) is 3.97. The zero-order valence-electron chi connectivity index (χ0n) is 14.9. The standard InChI is InChI=1S/C18H24N4O2S/c1-18(2,3)16-20-15(21-24-16)13-5-7-14(8-6-13)19-17(23)22-9-4-11-25-12-10-22/h5-8H,4,9-12H2,1-3H3,(H,19,23). The fourth-order valence-corrected chi connectivity index (χ4v) is 3.39. The molecule has 134 valence electrons. The van der Waals surface area contributed by atoms with Crippen molar-refractivity contribution in [1.29, 1.82) is 0 Å². The summed E-state index contributed by atoms with van der Waals surface area (Å²) < 4.78 is 5.33. The zero-order valence-corrected chi connectivity index (χ0v) is 15.7. The minimum Gasteiger partial charge on any atom is -0.338 e. The molecule has 0 spiro atoms. The number of nitrogens with one attached hydrogen (secondary N) is 1. The number of nitrogens with zero attached hydrogens (tertiary/aromatic N) is 3. The molecule has 3 rings (SSSR count). The van der Waals surface area contributed by atoms with Crippen LogP contribution in [0.5, 0.6) is 0 Å². The van der Waals surface area contributed by atoms with Gasteiger partial charge in [0.25, 0.3) is 0 Å². The molecule has 0 saturated carbocycles. The average Bonchev–Trinajstić information content (AvgIpc) is 2.92. The third-order valence-corrected chi connectivity index (χ3v) is 5.02. The predicted octanol–water partition coefficient (Wildman–Crippen LogP) is 4.00. The van der Waals surface area contributed by atoms with E-state index in [1.165, 1.54) is 0 Å². The van der Waals surface area contributed by atoms with Gasteiger partial charge in [0.2, 0.25) is 11.7 Å². The first-order valence-electron chi connectivity index (χ1n) is 8.52. The van der Waals surface area contributed by atoms with Gasteiger partial charge in [-0.1, -0.05) is 25.9 Å². The quantitative estimate of drug-likeness (QED) is 0.876. The SMILES string of the molecule is CC(C)(C)c1nc(-c2ccc(NC(=O)N3CCCSCC3)cc2)no1. The van der Waals surface area contributed by atoms with Crippen molar-refractivity contribution in [3.63, 3.8) is 0 Å². The largest absolute Gasteiger partial charge is 0.338 e. The molecule has 7 heteroatoms. The summed E-state index contributed by atoms with van der Waals surface area (Å²) in [7, 11) is 0. The molecule has 6 nitrogen and oxygen atoms in total. The summed E-state index contributed by atoms with van der Waals surface area (Å²) in [6.07, 6.45) is 1.05. The number of rotatable bonds is 2. The minimum absolute atomic E-state index is 0.0372. The monoisotopic (exact) mass is 360 g/mol. The van der Waals surface area contributed by atoms with Crippen LogP contribution < -0.4 is 5.32 Å². The average molecular weight is 360 g/mol. The van der Waals surface area contributed by atoms with Crippen LogP contribution in [0.15, 0.2) is 28.8 Å². The highest BCUT2D eigenvalue weighted by molar-refractivity contribution is 7.99. The number of benzene rings is 1. The molecule has 1 aromatic heterocycles. The molecule has 1 aromatic carbocycles. The Hall–Kier alpha value is -2.02. The highest BCUT2D eigenvalue weighted by Gasteiger charge is 2.22. The van der Waals surface area contributed by atoms with Gasteiger partial charge in [-0.2, -0.15) is 16.7 Å². The number of aromatic nitrogens is 2. The van der Waals surface area contributed by atoms with Crippen LogP contribution in [0.2, 0.25) is 0 Å². The van der Waals surface area contributed by atoms with E-state index >= 15 is 0 Å². The van der Waals surface area contributed by atoms with E-state index in [0.717, 1.165) is 42.3 Å². The molecule has 1 aliphatic heterocycles. The van der Waals surface area contributed by atoms with Crippen molar-refractivity contribution in [1.82, 2.24) is 15.0 Å². The van der Waals surface area contributed by atoms with Crippen LogP contribution in [0.25, 0.3) is 11.4 Å². The van der Waals surface area contributed by atoms with Gasteiger partial charge in [0.1, 0.15) is 0 Å². The van der Waals surface area contributed by atoms with E-state index in [4.69, 9.17) is 4.52 Å². The molecule has 0 unspecified atom stereocenters. The summed E-state index contributed by atoms with van der Waals surface area (Å²) in [6.45, 7) is 7.71. The fourth-order valence-electron chi connectivity index (χ4n) is 2.50. The summed E-state index contributed by atoms with van der Waals surface area (Å²) in [6, 6.07) is 7.49. The lowest BCUT2D eigenvalue weighted by molar-refractivity contribution is 0.216. The molecule has 1 fully saturated rings. The molecule has 1 saturated heterocycles. The highest BCUT2D eigenvalue weighted by Crippen LogP contribution is 2.24. The highest BCUT2D eigenvalue weighted by atomic mass is 32.2. The van der Waals surface area contributed by atoms with Gasteiger partial charge < -0.3 is 14.7 Å². The van der Waals surface area contributed by atoms with E-state index < -0.39 is 0 Å². The van der Waals surface area contributed by atoms with Gasteiger partial charge >= 0.3 is 6.03 Å². The van der Waals surface area contributed by atoms with E-state index in [1.807, 2.05) is 61.7 Å². The second kappa shape index (κ2) is 7.47. The maximum absolute atomic E-state index is 12.4. The maximum atomic E-state index is 12.4. The second-order valence-corrected chi connectivity index (χ2v) is 8.36. The van der Waals surface area contributed by atoms with Gasteiger partial charge in [0.15, 0.2) is 0 Å². The number of hydrogen-bond acceptors (Lipinski definition) is 5. The van der Waals surface area contributed by atoms with Crippen molar-refractivity contribution >= 4 is 23.5 Å². The Balaban J connectivity index is 1.65. The van der Waals surface area contributed by atoms with Crippen LogP contribution in [0, 0.1) is 0 Å². The van der Waals surface area contributed by atoms with E-state index in [2.05, 4.69) is 15.5 Å². The number of carbonyl (C=O) groups excluding carboxylic acids is 1. The van der Waals surface area contributed by atoms with E-state index in [9.17, 15) is 4.79 Å². The predicted molar refractivity (Wildman–Crippen MR) is 101 cm³/mol. The number of thioether (sulfide) groups is 1. The second-order valence-electron chi connectivity index (χ2n) is 7.13. The number of anilines is 1. The zero-order chi connectivity index (χ0) is 17.9. The molecule has 1 N–H and O–H groups in total. The normalized spacial score (nSPS) is 15.7. The van der Waals surface area contributed by atoms with Crippen LogP contribution in [-0.4, -0.2) is 45.7 Å². The van der Waals surface area contributed by atoms with Gasteiger partial charge in [-0.15, -0.1) is 0 Å². The molecule has 0 radical (unpaired) electrons. The Bertz CT molecular complexity index is 713. The number of hydrogen-bond donors (Lipinski definition) is 1. The molecular formula is C18H24N4O2S. The van der Waals surface area contributed by atoms with Crippen LogP contribution >= 0.6 is 11.8 Å². The van der Waals surface area contributed by atoms with Crippen molar-refractivity contribution in [3.8, 4) is 11.4 Å². The molecule has 2 amide bonds. The lowest BCUT2D eigenvalue weighted by atomic mass is 9.97. The molecule has 1 aliphatic rings. The van der Waals surface area contributed by atoms with Crippen LogP contribution in [0.1, 0.15) is 33.1 Å². The Morgan fingerprint density at radius 3 is 2.64 bits per heavy atom. The number of urea groups is 1. The van der Waals surface area contributed by atoms with Gasteiger partial charge in [0, 0.05) is 35.5 Å². The van der Waals surface area contributed by atoms with E-state index in [1.54, 1.807) is 0 Å². The maximum Gasteiger partial charge on any atom is 0.321 e. The van der Waals surface area contributed by atoms with Crippen molar-refractivity contribution in [2.24, 2.45) is 0 Å². The first-order valence-corrected chi connectivity index (χ1v) is 9.67. The molecule has 0 bridgehead atoms. The Morgan fingerprint density at radius 2 is 1.96 bits per heavy atom. The molecule has 0 atom stereocenters. The fraction of sp³-hybridized carbons (Fsp3) is 0.500. The molecule has 0 aliphatic carbocycles. The summed E-state index contributed by atoms with van der Waals surface area (Å²) >= 11 is 1.90.